The standard InChI is InChI=1S/C13H21NO/c1-10(2)7-14-8-11-5-3-4-6-13(15)12(11)9-14/h8-10,13,15H,3-7H2,1-2H3. The topological polar surface area (TPSA) is 25.2 Å². The highest BCUT2D eigenvalue weighted by Gasteiger charge is 2.18. The predicted molar refractivity (Wildman–Crippen MR) is 61.8 cm³/mol. The first-order valence-electron chi connectivity index (χ1n) is 6.03. The fourth-order valence-corrected chi connectivity index (χ4v) is 2.42. The molecule has 2 rings (SSSR count). The number of rotatable bonds is 2. The molecule has 1 aliphatic carbocycles. The SMILES string of the molecule is CC(C)Cn1cc2c(c1)C(O)CCCC2. The van der Waals surface area contributed by atoms with Crippen LogP contribution in [-0.4, -0.2) is 9.67 Å². The fourth-order valence-electron chi connectivity index (χ4n) is 2.42. The summed E-state index contributed by atoms with van der Waals surface area (Å²) in [7, 11) is 0. The zero-order chi connectivity index (χ0) is 10.8. The molecule has 2 nitrogen and oxygen atoms in total. The van der Waals surface area contributed by atoms with Crippen molar-refractivity contribution >= 4 is 0 Å². The van der Waals surface area contributed by atoms with Crippen molar-refractivity contribution < 1.29 is 5.11 Å². The van der Waals surface area contributed by atoms with Gasteiger partial charge in [-0.05, 0) is 30.7 Å². The van der Waals surface area contributed by atoms with Gasteiger partial charge in [-0.2, -0.15) is 0 Å². The van der Waals surface area contributed by atoms with Crippen LogP contribution in [0.25, 0.3) is 0 Å². The maximum Gasteiger partial charge on any atom is 0.0807 e. The van der Waals surface area contributed by atoms with Crippen molar-refractivity contribution in [2.45, 2.75) is 52.2 Å². The molecule has 0 radical (unpaired) electrons. The van der Waals surface area contributed by atoms with Crippen molar-refractivity contribution in [3.8, 4) is 0 Å². The maximum absolute atomic E-state index is 9.98. The number of nitrogens with zero attached hydrogens (tertiary/aromatic N) is 1. The molecule has 1 heterocycles. The first-order chi connectivity index (χ1) is 7.16. The predicted octanol–water partition coefficient (Wildman–Crippen LogP) is 2.90. The second-order valence-electron chi connectivity index (χ2n) is 5.09. The zero-order valence-electron chi connectivity index (χ0n) is 9.74. The molecule has 0 aromatic carbocycles. The van der Waals surface area contributed by atoms with E-state index in [0.717, 1.165) is 25.8 Å². The van der Waals surface area contributed by atoms with E-state index in [-0.39, 0.29) is 6.10 Å². The van der Waals surface area contributed by atoms with E-state index >= 15 is 0 Å². The molecule has 0 fully saturated rings. The van der Waals surface area contributed by atoms with E-state index in [1.54, 1.807) is 0 Å². The van der Waals surface area contributed by atoms with Gasteiger partial charge < -0.3 is 9.67 Å². The van der Waals surface area contributed by atoms with Gasteiger partial charge in [0.15, 0.2) is 0 Å². The number of aromatic nitrogens is 1. The molecule has 84 valence electrons. The highest BCUT2D eigenvalue weighted by Crippen LogP contribution is 2.29. The Bertz CT molecular complexity index is 327. The number of aryl methyl sites for hydroxylation is 1. The van der Waals surface area contributed by atoms with Crippen molar-refractivity contribution in [2.75, 3.05) is 0 Å². The summed E-state index contributed by atoms with van der Waals surface area (Å²) in [5, 5.41) is 9.98. The number of aliphatic hydroxyl groups is 1. The van der Waals surface area contributed by atoms with Crippen molar-refractivity contribution in [3.63, 3.8) is 0 Å². The Morgan fingerprint density at radius 1 is 1.40 bits per heavy atom. The van der Waals surface area contributed by atoms with Crippen LogP contribution in [0.5, 0.6) is 0 Å². The van der Waals surface area contributed by atoms with Gasteiger partial charge in [0.2, 0.25) is 0 Å². The lowest BCUT2D eigenvalue weighted by Crippen LogP contribution is -2.02. The van der Waals surface area contributed by atoms with Gasteiger partial charge in [0.1, 0.15) is 0 Å². The molecule has 1 aromatic heterocycles. The Hall–Kier alpha value is -0.760. The number of hydrogen-bond acceptors (Lipinski definition) is 1. The third-order valence-electron chi connectivity index (χ3n) is 3.11. The van der Waals surface area contributed by atoms with Crippen LogP contribution in [0.3, 0.4) is 0 Å². The van der Waals surface area contributed by atoms with Gasteiger partial charge in [-0.3, -0.25) is 0 Å². The summed E-state index contributed by atoms with van der Waals surface area (Å²) in [6.45, 7) is 5.50. The second kappa shape index (κ2) is 4.40. The summed E-state index contributed by atoms with van der Waals surface area (Å²) >= 11 is 0. The van der Waals surface area contributed by atoms with Gasteiger partial charge in [-0.15, -0.1) is 0 Å². The molecule has 1 N–H and O–H groups in total. The lowest BCUT2D eigenvalue weighted by atomic mass is 10.1. The van der Waals surface area contributed by atoms with E-state index < -0.39 is 0 Å². The summed E-state index contributed by atoms with van der Waals surface area (Å²) in [4.78, 5) is 0. The van der Waals surface area contributed by atoms with E-state index in [9.17, 15) is 5.11 Å². The number of fused-ring (bicyclic) bond motifs is 1. The molecule has 0 amide bonds. The summed E-state index contributed by atoms with van der Waals surface area (Å²) in [5.74, 6) is 0.665. The van der Waals surface area contributed by atoms with Gasteiger partial charge in [-0.25, -0.2) is 0 Å². The lowest BCUT2D eigenvalue weighted by Gasteiger charge is -2.07. The van der Waals surface area contributed by atoms with E-state index in [4.69, 9.17) is 0 Å². The van der Waals surface area contributed by atoms with Crippen LogP contribution in [0.1, 0.15) is 50.3 Å². The molecule has 15 heavy (non-hydrogen) atoms. The minimum atomic E-state index is -0.226. The molecule has 1 atom stereocenters. The Balaban J connectivity index is 2.21. The van der Waals surface area contributed by atoms with Crippen molar-refractivity contribution in [3.05, 3.63) is 23.5 Å². The van der Waals surface area contributed by atoms with Gasteiger partial charge in [0.25, 0.3) is 0 Å². The largest absolute Gasteiger partial charge is 0.388 e. The molecular weight excluding hydrogens is 186 g/mol. The summed E-state index contributed by atoms with van der Waals surface area (Å²) in [6.07, 6.45) is 8.58. The Labute approximate surface area is 91.9 Å². The lowest BCUT2D eigenvalue weighted by molar-refractivity contribution is 0.166. The van der Waals surface area contributed by atoms with Crippen LogP contribution in [0.2, 0.25) is 0 Å². The van der Waals surface area contributed by atoms with Gasteiger partial charge in [0.05, 0.1) is 6.10 Å². The number of hydrogen-bond donors (Lipinski definition) is 1. The Kier molecular flexibility index (Phi) is 3.15. The molecular formula is C13H21NO. The minimum absolute atomic E-state index is 0.226. The van der Waals surface area contributed by atoms with Crippen LogP contribution in [0.4, 0.5) is 0 Å². The molecule has 1 aliphatic rings. The highest BCUT2D eigenvalue weighted by molar-refractivity contribution is 5.27. The minimum Gasteiger partial charge on any atom is -0.388 e. The number of aliphatic hydroxyl groups excluding tert-OH is 1. The summed E-state index contributed by atoms with van der Waals surface area (Å²) in [5.41, 5.74) is 2.54. The molecule has 2 heteroatoms. The molecule has 0 spiro atoms. The third kappa shape index (κ3) is 2.43. The van der Waals surface area contributed by atoms with E-state index in [0.29, 0.717) is 5.92 Å². The van der Waals surface area contributed by atoms with Gasteiger partial charge >= 0.3 is 0 Å². The van der Waals surface area contributed by atoms with Crippen LogP contribution >= 0.6 is 0 Å². The first-order valence-corrected chi connectivity index (χ1v) is 6.03. The second-order valence-corrected chi connectivity index (χ2v) is 5.09. The Morgan fingerprint density at radius 2 is 2.20 bits per heavy atom. The zero-order valence-corrected chi connectivity index (χ0v) is 9.74. The van der Waals surface area contributed by atoms with Crippen LogP contribution in [-0.2, 0) is 13.0 Å². The average molecular weight is 207 g/mol. The Morgan fingerprint density at radius 3 is 2.93 bits per heavy atom. The summed E-state index contributed by atoms with van der Waals surface area (Å²) < 4.78 is 2.24. The summed E-state index contributed by atoms with van der Waals surface area (Å²) in [6, 6.07) is 0. The molecule has 0 bridgehead atoms. The van der Waals surface area contributed by atoms with Crippen LogP contribution in [0, 0.1) is 5.92 Å². The van der Waals surface area contributed by atoms with E-state index in [1.165, 1.54) is 17.5 Å². The molecule has 0 aliphatic heterocycles. The molecule has 1 unspecified atom stereocenters. The maximum atomic E-state index is 9.98. The molecule has 0 saturated heterocycles. The van der Waals surface area contributed by atoms with E-state index in [2.05, 4.69) is 30.8 Å². The normalized spacial score (nSPS) is 21.5. The first kappa shape index (κ1) is 10.7. The molecule has 0 saturated carbocycles. The quantitative estimate of drug-likeness (QED) is 0.741. The van der Waals surface area contributed by atoms with E-state index in [1.807, 2.05) is 0 Å². The monoisotopic (exact) mass is 207 g/mol. The van der Waals surface area contributed by atoms with Crippen molar-refractivity contribution in [1.82, 2.24) is 4.57 Å². The van der Waals surface area contributed by atoms with Crippen LogP contribution in [0.15, 0.2) is 12.4 Å². The smallest absolute Gasteiger partial charge is 0.0807 e. The van der Waals surface area contributed by atoms with Gasteiger partial charge in [0, 0.05) is 24.5 Å². The highest BCUT2D eigenvalue weighted by atomic mass is 16.3. The van der Waals surface area contributed by atoms with Crippen molar-refractivity contribution in [1.29, 1.82) is 0 Å². The van der Waals surface area contributed by atoms with Crippen LogP contribution < -0.4 is 0 Å². The third-order valence-corrected chi connectivity index (χ3v) is 3.11. The molecule has 1 aromatic rings. The van der Waals surface area contributed by atoms with Crippen molar-refractivity contribution in [2.24, 2.45) is 5.92 Å². The van der Waals surface area contributed by atoms with Gasteiger partial charge in [-0.1, -0.05) is 20.3 Å². The average Bonchev–Trinajstić information content (AvgIpc) is 2.47. The fraction of sp³-hybridized carbons (Fsp3) is 0.692.